The fourth-order valence-corrected chi connectivity index (χ4v) is 11.4. The second-order valence-electron chi connectivity index (χ2n) is 15.6. The highest BCUT2D eigenvalue weighted by molar-refractivity contribution is 7.26. The summed E-state index contributed by atoms with van der Waals surface area (Å²) in [6.45, 7) is 0. The van der Waals surface area contributed by atoms with E-state index in [1.165, 1.54) is 15.5 Å². The van der Waals surface area contributed by atoms with Crippen LogP contribution < -0.4 is 0 Å². The smallest absolute Gasteiger partial charge is 0.164 e. The topological polar surface area (TPSA) is 69.4 Å². The Balaban J connectivity index is 0.996. The van der Waals surface area contributed by atoms with Crippen molar-refractivity contribution in [3.8, 4) is 62.5 Å². The molecule has 0 aliphatic carbocycles. The predicted octanol–water partition coefficient (Wildman–Crippen LogP) is 14.8. The minimum Gasteiger partial charge on any atom is -0.309 e. The predicted molar refractivity (Wildman–Crippen MR) is 263 cm³/mol. The molecule has 294 valence electrons. The first-order valence-electron chi connectivity index (χ1n) is 20.8. The van der Waals surface area contributed by atoms with Crippen LogP contribution in [0.15, 0.2) is 194 Å². The molecule has 5 heterocycles. The van der Waals surface area contributed by atoms with Crippen LogP contribution in [0.5, 0.6) is 0 Å². The molecule has 0 saturated heterocycles. The Kier molecular flexibility index (Phi) is 8.15. The van der Waals surface area contributed by atoms with Crippen molar-refractivity contribution in [1.82, 2.24) is 29.5 Å². The van der Waals surface area contributed by atoms with Gasteiger partial charge in [0.25, 0.3) is 0 Å². The van der Waals surface area contributed by atoms with Gasteiger partial charge in [-0.05, 0) is 42.5 Å². The first-order chi connectivity index (χ1) is 31.2. The van der Waals surface area contributed by atoms with Crippen molar-refractivity contribution in [3.63, 3.8) is 0 Å². The number of aromatic nitrogens is 6. The Bertz CT molecular complexity index is 3910. The number of nitrogens with zero attached hydrogens (tertiary/aromatic N) is 6. The van der Waals surface area contributed by atoms with Gasteiger partial charge in [-0.15, -0.1) is 22.7 Å². The molecule has 13 rings (SSSR count). The number of fused-ring (bicyclic) bond motifs is 9. The molecule has 0 bridgehead atoms. The molecular formula is C55H32N6S2. The summed E-state index contributed by atoms with van der Waals surface area (Å²) in [5, 5.41) is 5.73. The lowest BCUT2D eigenvalue weighted by Gasteiger charge is -2.10. The molecule has 0 aliphatic heterocycles. The molecule has 6 nitrogen and oxygen atoms in total. The van der Waals surface area contributed by atoms with Crippen LogP contribution in [0, 0.1) is 0 Å². The molecule has 0 spiro atoms. The van der Waals surface area contributed by atoms with Gasteiger partial charge in [0.15, 0.2) is 23.3 Å². The fourth-order valence-electron chi connectivity index (χ4n) is 9.02. The van der Waals surface area contributed by atoms with E-state index in [0.29, 0.717) is 17.5 Å². The summed E-state index contributed by atoms with van der Waals surface area (Å²) in [6, 6.07) is 67.8. The number of hydrogen-bond donors (Lipinski definition) is 0. The highest BCUT2D eigenvalue weighted by Gasteiger charge is 2.22. The Labute approximate surface area is 369 Å². The van der Waals surface area contributed by atoms with Crippen LogP contribution in [0.25, 0.3) is 125 Å². The van der Waals surface area contributed by atoms with Crippen molar-refractivity contribution in [2.75, 3.05) is 0 Å². The molecular weight excluding hydrogens is 809 g/mol. The van der Waals surface area contributed by atoms with E-state index >= 15 is 0 Å². The van der Waals surface area contributed by atoms with Crippen LogP contribution in [0.1, 0.15) is 0 Å². The number of benzene rings is 8. The van der Waals surface area contributed by atoms with Crippen LogP contribution in [0.2, 0.25) is 0 Å². The van der Waals surface area contributed by atoms with Crippen LogP contribution in [0.4, 0.5) is 0 Å². The highest BCUT2D eigenvalue weighted by atomic mass is 32.1. The van der Waals surface area contributed by atoms with Gasteiger partial charge < -0.3 is 4.57 Å². The molecule has 63 heavy (non-hydrogen) atoms. The third-order valence-electron chi connectivity index (χ3n) is 11.9. The number of hydrogen-bond acceptors (Lipinski definition) is 7. The van der Waals surface area contributed by atoms with E-state index in [2.05, 4.69) is 174 Å². The molecule has 8 aromatic carbocycles. The Morgan fingerprint density at radius 3 is 1.78 bits per heavy atom. The summed E-state index contributed by atoms with van der Waals surface area (Å²) in [7, 11) is 0. The fraction of sp³-hybridized carbons (Fsp3) is 0. The summed E-state index contributed by atoms with van der Waals surface area (Å²) >= 11 is 3.51. The van der Waals surface area contributed by atoms with Gasteiger partial charge in [-0.3, -0.25) is 0 Å². The number of thiophene rings is 2. The zero-order chi connectivity index (χ0) is 41.4. The number of rotatable bonds is 6. The maximum atomic E-state index is 5.34. The van der Waals surface area contributed by atoms with E-state index in [4.69, 9.17) is 24.9 Å². The number of para-hydroxylation sites is 2. The first-order valence-corrected chi connectivity index (χ1v) is 22.5. The van der Waals surface area contributed by atoms with Crippen LogP contribution in [-0.2, 0) is 0 Å². The molecule has 0 radical (unpaired) electrons. The largest absolute Gasteiger partial charge is 0.309 e. The molecule has 0 fully saturated rings. The summed E-state index contributed by atoms with van der Waals surface area (Å²) in [6.07, 6.45) is 0. The monoisotopic (exact) mass is 840 g/mol. The molecule has 0 N–H and O–H groups in total. The molecule has 0 amide bonds. The van der Waals surface area contributed by atoms with Gasteiger partial charge in [0, 0.05) is 74.5 Å². The minimum atomic E-state index is 0.618. The van der Waals surface area contributed by atoms with E-state index in [9.17, 15) is 0 Å². The van der Waals surface area contributed by atoms with Gasteiger partial charge in [0.2, 0.25) is 0 Å². The lowest BCUT2D eigenvalue weighted by molar-refractivity contribution is 1.08. The normalized spacial score (nSPS) is 11.8. The van der Waals surface area contributed by atoms with Crippen molar-refractivity contribution in [1.29, 1.82) is 0 Å². The maximum absolute atomic E-state index is 5.34. The summed E-state index contributed by atoms with van der Waals surface area (Å²) < 4.78 is 6.91. The Hall–Kier alpha value is -7.91. The Morgan fingerprint density at radius 2 is 0.952 bits per heavy atom. The summed E-state index contributed by atoms with van der Waals surface area (Å²) in [4.78, 5) is 26.3. The van der Waals surface area contributed by atoms with Gasteiger partial charge in [-0.25, -0.2) is 24.9 Å². The van der Waals surface area contributed by atoms with Crippen molar-refractivity contribution in [2.45, 2.75) is 0 Å². The van der Waals surface area contributed by atoms with Crippen molar-refractivity contribution in [3.05, 3.63) is 194 Å². The minimum absolute atomic E-state index is 0.618. The average Bonchev–Trinajstić information content (AvgIpc) is 4.04. The molecule has 5 aromatic heterocycles. The molecule has 8 heteroatoms. The van der Waals surface area contributed by atoms with E-state index in [0.717, 1.165) is 91.8 Å². The molecule has 0 saturated carbocycles. The van der Waals surface area contributed by atoms with Gasteiger partial charge >= 0.3 is 0 Å². The van der Waals surface area contributed by atoms with E-state index in [1.54, 1.807) is 22.7 Å². The van der Waals surface area contributed by atoms with Crippen molar-refractivity contribution in [2.24, 2.45) is 0 Å². The van der Waals surface area contributed by atoms with Crippen molar-refractivity contribution < 1.29 is 0 Å². The Morgan fingerprint density at radius 1 is 0.349 bits per heavy atom. The SMILES string of the molecule is c1ccc(-c2nc(-c3ccc4c(c3)sc3c(-c5nc(-c6ccccc6)c6sc7ccccc7c6n5)cccc34)nc(-c3cccc4c3c3ccccc3n4-c3ccccc3)n2)cc1. The summed E-state index contributed by atoms with van der Waals surface area (Å²) in [5.74, 6) is 2.59. The maximum Gasteiger partial charge on any atom is 0.164 e. The third-order valence-corrected chi connectivity index (χ3v) is 14.3. The lowest BCUT2D eigenvalue weighted by Crippen LogP contribution is -2.00. The molecule has 0 unspecified atom stereocenters. The van der Waals surface area contributed by atoms with Gasteiger partial charge in [-0.1, -0.05) is 152 Å². The molecule has 13 aromatic rings. The van der Waals surface area contributed by atoms with E-state index in [1.807, 2.05) is 24.3 Å². The zero-order valence-electron chi connectivity index (χ0n) is 33.5. The third kappa shape index (κ3) is 5.80. The van der Waals surface area contributed by atoms with Gasteiger partial charge in [0.1, 0.15) is 0 Å². The lowest BCUT2D eigenvalue weighted by atomic mass is 10.0. The summed E-state index contributed by atoms with van der Waals surface area (Å²) in [5.41, 5.74) is 10.2. The van der Waals surface area contributed by atoms with Gasteiger partial charge in [0.05, 0.1) is 26.9 Å². The van der Waals surface area contributed by atoms with Crippen molar-refractivity contribution >= 4 is 85.0 Å². The van der Waals surface area contributed by atoms with Crippen LogP contribution in [0.3, 0.4) is 0 Å². The van der Waals surface area contributed by atoms with Gasteiger partial charge in [-0.2, -0.15) is 0 Å². The average molecular weight is 841 g/mol. The van der Waals surface area contributed by atoms with Crippen LogP contribution >= 0.6 is 22.7 Å². The zero-order valence-corrected chi connectivity index (χ0v) is 35.1. The van der Waals surface area contributed by atoms with E-state index in [-0.39, 0.29) is 0 Å². The van der Waals surface area contributed by atoms with E-state index < -0.39 is 0 Å². The highest BCUT2D eigenvalue weighted by Crippen LogP contribution is 2.44. The second-order valence-corrected chi connectivity index (χ2v) is 17.7. The molecule has 0 aliphatic rings. The standard InChI is InChI=1S/C55H32N6S2/c1-4-16-33(17-5-1)48-51-49(40-23-11-13-29-45(40)62-51)57-55(56-48)42-26-14-24-38-37-31-30-35(32-46(37)63-50(38)42)53-58-52(34-18-6-2-7-19-34)59-54(60-53)41-25-15-28-44-47(41)39-22-10-12-27-43(39)61(44)36-20-8-3-9-21-36/h1-32H. The second kappa shape index (κ2) is 14.3. The molecule has 0 atom stereocenters. The van der Waals surface area contributed by atoms with Crippen LogP contribution in [-0.4, -0.2) is 29.5 Å². The first kappa shape index (κ1) is 35.8. The quantitative estimate of drug-likeness (QED) is 0.167.